The lowest BCUT2D eigenvalue weighted by Gasteiger charge is -2.26. The molecule has 0 aliphatic carbocycles. The Kier molecular flexibility index (Phi) is 22.4. The van der Waals surface area contributed by atoms with Gasteiger partial charge in [0.15, 0.2) is 0 Å². The van der Waals surface area contributed by atoms with Crippen molar-refractivity contribution < 1.29 is 4.74 Å². The molecule has 0 atom stereocenters. The van der Waals surface area contributed by atoms with E-state index in [1.165, 1.54) is 56.2 Å². The fourth-order valence-corrected chi connectivity index (χ4v) is 11.6. The number of amidine groups is 1. The molecule has 14 rings (SSSR count). The van der Waals surface area contributed by atoms with E-state index in [1.807, 2.05) is 113 Å². The molecule has 25 nitrogen and oxygen atoms in total. The fraction of sp³-hybridized carbons (Fsp3) is 0.406. The number of morpholine rings is 1. The second-order valence-electron chi connectivity index (χ2n) is 24.3. The molecule has 2 saturated heterocycles. The molecule has 0 spiro atoms. The van der Waals surface area contributed by atoms with Gasteiger partial charge in [-0.3, -0.25) is 38.4 Å². The molecule has 0 bridgehead atoms. The quantitative estimate of drug-likeness (QED) is 0.117. The minimum atomic E-state index is -0.0201. The summed E-state index contributed by atoms with van der Waals surface area (Å²) in [7, 11) is 16.5. The minimum Gasteiger partial charge on any atom is -0.388 e. The van der Waals surface area contributed by atoms with Crippen molar-refractivity contribution in [3.63, 3.8) is 0 Å². The van der Waals surface area contributed by atoms with Crippen LogP contribution in [0.25, 0.3) is 54.5 Å². The number of anilines is 4. The van der Waals surface area contributed by atoms with Crippen molar-refractivity contribution in [2.75, 3.05) is 141 Å². The summed E-state index contributed by atoms with van der Waals surface area (Å²) < 4.78 is 13.0. The summed E-state index contributed by atoms with van der Waals surface area (Å²) in [4.78, 5) is 95.2. The maximum Gasteiger partial charge on any atom is 0.261 e. The van der Waals surface area contributed by atoms with Crippen LogP contribution in [0.4, 0.5) is 22.7 Å². The van der Waals surface area contributed by atoms with E-state index in [2.05, 4.69) is 70.8 Å². The third kappa shape index (κ3) is 16.6. The van der Waals surface area contributed by atoms with E-state index in [0.29, 0.717) is 26.9 Å². The number of aryl methyl sites for hydroxylation is 4. The van der Waals surface area contributed by atoms with Gasteiger partial charge >= 0.3 is 0 Å². The first-order chi connectivity index (χ1) is 45.4. The molecular weight excluding hydrogens is 1190 g/mol. The van der Waals surface area contributed by atoms with Crippen LogP contribution in [-0.4, -0.2) is 193 Å². The summed E-state index contributed by atoms with van der Waals surface area (Å²) in [6.07, 6.45) is 12.0. The molecule has 10 aromatic rings. The Bertz CT molecular complexity index is 4540. The first kappa shape index (κ1) is 67.2. The van der Waals surface area contributed by atoms with Gasteiger partial charge in [-0.1, -0.05) is 12.5 Å². The number of nitrogens with one attached hydrogen (secondary N) is 4. The maximum absolute atomic E-state index is 12.3. The standard InChI is InChI=1S/C16H22N4O.C15H20N4O2.C14H20N4O.C13H14N4O.C11H11N3O/c1-19-12-18-15-11-13(5-6-14(15)16(19)21)17-7-10-20-8-3-2-4-9-20;1-18-11-17-14-10-12(2-3-13(14)15(18)20)16-4-5-19-6-8-21-9-7-19;1-15-10-5-6-11-12(9-10)16-13(7-8-17(2)3)18(4)14(11)19;1-16-6-5-14-12(16)9-3-4-10-11(7-9)15-8-17(2)13(10)18;1-14-6-13-10-5-9-7(2-3-12-9)4-8(10)11(14)15/h5-6,11-12,17H,2-4,7-10H2,1H3;2-3,10-11,16H,4-9H2,1H3;5-6,9,15H,7-8H2,1-4H3;3-4,7-8H,5-6H2,1-2H3;4-6,12H,2-3H2,1H3. The number of likely N-dealkylation sites (tertiary alicyclic amines) is 1. The Balaban J connectivity index is 0.000000129. The minimum absolute atomic E-state index is 0.000123. The Morgan fingerprint density at radius 2 is 1.02 bits per heavy atom. The van der Waals surface area contributed by atoms with Crippen LogP contribution in [0.3, 0.4) is 0 Å². The summed E-state index contributed by atoms with van der Waals surface area (Å²) in [5.41, 5.74) is 10.1. The number of piperidine rings is 1. The summed E-state index contributed by atoms with van der Waals surface area (Å²) >= 11 is 0. The number of hydrogen-bond donors (Lipinski definition) is 4. The lowest BCUT2D eigenvalue weighted by molar-refractivity contribution is 0.0398. The normalized spacial score (nSPS) is 14.7. The first-order valence-electron chi connectivity index (χ1n) is 32.1. The molecular formula is C69H87N19O6. The molecule has 4 aliphatic heterocycles. The van der Waals surface area contributed by atoms with E-state index >= 15 is 0 Å². The molecule has 5 aromatic carbocycles. The van der Waals surface area contributed by atoms with Crippen molar-refractivity contribution in [2.45, 2.75) is 32.1 Å². The van der Waals surface area contributed by atoms with Gasteiger partial charge in [0.25, 0.3) is 27.8 Å². The van der Waals surface area contributed by atoms with E-state index in [0.717, 1.165) is 159 Å². The number of nitrogens with zero attached hydrogens (tertiary/aromatic N) is 15. The van der Waals surface area contributed by atoms with E-state index in [9.17, 15) is 24.0 Å². The largest absolute Gasteiger partial charge is 0.388 e. The Hall–Kier alpha value is -9.69. The van der Waals surface area contributed by atoms with Gasteiger partial charge in [0.1, 0.15) is 11.7 Å². The van der Waals surface area contributed by atoms with Crippen molar-refractivity contribution in [3.8, 4) is 0 Å². The van der Waals surface area contributed by atoms with Gasteiger partial charge in [0.2, 0.25) is 0 Å². The molecule has 0 saturated carbocycles. The Morgan fingerprint density at radius 1 is 0.532 bits per heavy atom. The zero-order valence-corrected chi connectivity index (χ0v) is 55.5. The smallest absolute Gasteiger partial charge is 0.261 e. The summed E-state index contributed by atoms with van der Waals surface area (Å²) in [6.45, 7) is 13.5. The van der Waals surface area contributed by atoms with Crippen LogP contribution in [0.1, 0.15) is 36.2 Å². The van der Waals surface area contributed by atoms with Gasteiger partial charge in [-0.15, -0.1) is 0 Å². The highest BCUT2D eigenvalue weighted by atomic mass is 16.5. The number of likely N-dealkylation sites (N-methyl/N-ethyl adjacent to an activating group) is 2. The summed E-state index contributed by atoms with van der Waals surface area (Å²) in [5, 5.41) is 16.5. The highest BCUT2D eigenvalue weighted by Gasteiger charge is 2.18. The Labute approximate surface area is 545 Å². The average Bonchev–Trinajstić information content (AvgIpc) is 1.27. The number of ether oxygens (including phenoxy) is 1. The SMILES string of the molecule is CN1CCN=C1c1ccc2c(=O)n(C)cnc2c1.CNc1ccc2c(=O)n(C)c(CCN(C)C)nc2c1.Cn1cnc2cc(NCCN3CCCCC3)ccc2c1=O.Cn1cnc2cc(NCCN3CCOCC3)ccc2c1=O.Cn1cnc2cc3c(cc2c1=O)CCN3. The number of benzene rings is 5. The van der Waals surface area contributed by atoms with Crippen LogP contribution >= 0.6 is 0 Å². The van der Waals surface area contributed by atoms with Crippen molar-refractivity contribution in [2.24, 2.45) is 40.2 Å². The van der Waals surface area contributed by atoms with Gasteiger partial charge in [-0.25, -0.2) is 24.9 Å². The summed E-state index contributed by atoms with van der Waals surface area (Å²) in [5.74, 6) is 1.79. The molecule has 25 heteroatoms. The van der Waals surface area contributed by atoms with Gasteiger partial charge in [0.05, 0.1) is 99.6 Å². The maximum atomic E-state index is 12.3. The number of fused-ring (bicyclic) bond motifs is 6. The zero-order valence-electron chi connectivity index (χ0n) is 55.5. The van der Waals surface area contributed by atoms with Gasteiger partial charge < -0.3 is 59.0 Å². The molecule has 494 valence electrons. The second-order valence-corrected chi connectivity index (χ2v) is 24.3. The molecule has 0 amide bonds. The predicted octanol–water partition coefficient (Wildman–Crippen LogP) is 5.12. The van der Waals surface area contributed by atoms with Gasteiger partial charge in [0, 0.05) is 143 Å². The molecule has 2 fully saturated rings. The van der Waals surface area contributed by atoms with E-state index in [4.69, 9.17) is 4.74 Å². The monoisotopic (exact) mass is 1280 g/mol. The molecule has 9 heterocycles. The molecule has 0 radical (unpaired) electrons. The van der Waals surface area contributed by atoms with Crippen LogP contribution in [-0.2, 0) is 52.8 Å². The number of aromatic nitrogens is 10. The number of rotatable bonds is 13. The van der Waals surface area contributed by atoms with Crippen LogP contribution in [0, 0.1) is 0 Å². The van der Waals surface area contributed by atoms with Crippen molar-refractivity contribution in [1.29, 1.82) is 0 Å². The van der Waals surface area contributed by atoms with E-state index in [1.54, 1.807) is 65.1 Å². The van der Waals surface area contributed by atoms with Crippen molar-refractivity contribution in [1.82, 2.24) is 67.4 Å². The average molecular weight is 1280 g/mol. The molecule has 4 aliphatic rings. The van der Waals surface area contributed by atoms with E-state index in [-0.39, 0.29) is 27.8 Å². The first-order valence-corrected chi connectivity index (χ1v) is 32.1. The van der Waals surface area contributed by atoms with Crippen LogP contribution in [0.5, 0.6) is 0 Å². The molecule has 0 unspecified atom stereocenters. The zero-order chi connectivity index (χ0) is 66.4. The van der Waals surface area contributed by atoms with Crippen LogP contribution in [0.2, 0.25) is 0 Å². The van der Waals surface area contributed by atoms with Crippen LogP contribution < -0.4 is 49.1 Å². The lowest BCUT2D eigenvalue weighted by Crippen LogP contribution is -2.39. The highest BCUT2D eigenvalue weighted by Crippen LogP contribution is 2.26. The number of aliphatic imine (C=N–C) groups is 1. The van der Waals surface area contributed by atoms with Crippen molar-refractivity contribution >= 4 is 83.1 Å². The topological polar surface area (TPSA) is 257 Å². The number of hydrogen-bond acceptors (Lipinski definition) is 20. The van der Waals surface area contributed by atoms with Crippen molar-refractivity contribution in [3.05, 3.63) is 179 Å². The third-order valence-corrected chi connectivity index (χ3v) is 17.2. The lowest BCUT2D eigenvalue weighted by atomic mass is 10.1. The van der Waals surface area contributed by atoms with E-state index < -0.39 is 0 Å². The predicted molar refractivity (Wildman–Crippen MR) is 377 cm³/mol. The van der Waals surface area contributed by atoms with Gasteiger partial charge in [-0.05, 0) is 131 Å². The molecule has 5 aromatic heterocycles. The fourth-order valence-electron chi connectivity index (χ4n) is 11.6. The second kappa shape index (κ2) is 31.3. The van der Waals surface area contributed by atoms with Crippen LogP contribution in [0.15, 0.2) is 139 Å². The summed E-state index contributed by atoms with van der Waals surface area (Å²) in [6, 6.07) is 26.7. The third-order valence-electron chi connectivity index (χ3n) is 17.2. The Morgan fingerprint density at radius 3 is 1.55 bits per heavy atom. The van der Waals surface area contributed by atoms with Gasteiger partial charge in [-0.2, -0.15) is 0 Å². The molecule has 94 heavy (non-hydrogen) atoms. The molecule has 4 N–H and O–H groups in total. The highest BCUT2D eigenvalue weighted by molar-refractivity contribution is 6.02.